The number of benzene rings is 2. The van der Waals surface area contributed by atoms with Crippen LogP contribution in [-0.2, 0) is 27.1 Å². The van der Waals surface area contributed by atoms with E-state index in [1.54, 1.807) is 13.0 Å². The average Bonchev–Trinajstić information content (AvgIpc) is 2.73. The Balaban J connectivity index is 1.86. The molecule has 1 fully saturated rings. The highest BCUT2D eigenvalue weighted by molar-refractivity contribution is 5.73. The van der Waals surface area contributed by atoms with Crippen LogP contribution in [0.1, 0.15) is 25.0 Å². The molecule has 0 spiro atoms. The number of hydrogen-bond donors (Lipinski definition) is 3. The fourth-order valence-electron chi connectivity index (χ4n) is 4.12. The predicted octanol–water partition coefficient (Wildman–Crippen LogP) is 2.24. The number of carbonyl (C=O) groups is 1. The number of aliphatic hydroxyl groups excluding tert-OH is 2. The molecule has 2 aromatic carbocycles. The van der Waals surface area contributed by atoms with Gasteiger partial charge in [-0.15, -0.1) is 0 Å². The monoisotopic (exact) mass is 431 g/mol. The van der Waals surface area contributed by atoms with E-state index in [1.165, 1.54) is 26.2 Å². The van der Waals surface area contributed by atoms with Gasteiger partial charge in [-0.3, -0.25) is 4.79 Å². The summed E-state index contributed by atoms with van der Waals surface area (Å²) >= 11 is 0. The number of rotatable bonds is 7. The number of ether oxygens (including phenoxy) is 2. The summed E-state index contributed by atoms with van der Waals surface area (Å²) in [6.07, 6.45) is -2.70. The normalized spacial score (nSPS) is 25.9. The highest BCUT2D eigenvalue weighted by Crippen LogP contribution is 2.29. The summed E-state index contributed by atoms with van der Waals surface area (Å²) in [7, 11) is 1.48. The van der Waals surface area contributed by atoms with Crippen LogP contribution >= 0.6 is 0 Å². The van der Waals surface area contributed by atoms with Gasteiger partial charge in [-0.05, 0) is 47.7 Å². The van der Waals surface area contributed by atoms with Crippen molar-refractivity contribution in [3.63, 3.8) is 0 Å². The van der Waals surface area contributed by atoms with Crippen molar-refractivity contribution in [1.29, 1.82) is 0 Å². The summed E-state index contributed by atoms with van der Waals surface area (Å²) < 4.78 is 25.0. The number of aliphatic hydroxyl groups is 2. The Hall–Kier alpha value is -2.32. The van der Waals surface area contributed by atoms with E-state index in [0.29, 0.717) is 19.4 Å². The number of halogens is 1. The van der Waals surface area contributed by atoms with Gasteiger partial charge in [-0.2, -0.15) is 0 Å². The van der Waals surface area contributed by atoms with Gasteiger partial charge in [-0.25, -0.2) is 4.39 Å². The van der Waals surface area contributed by atoms with E-state index in [0.717, 1.165) is 22.3 Å². The molecule has 0 saturated carbocycles. The molecule has 1 saturated heterocycles. The van der Waals surface area contributed by atoms with Crippen LogP contribution in [0.25, 0.3) is 11.1 Å². The molecular formula is C24H30FNO5. The zero-order valence-electron chi connectivity index (χ0n) is 18.0. The summed E-state index contributed by atoms with van der Waals surface area (Å²) in [5, 5.41) is 23.7. The third-order valence-electron chi connectivity index (χ3n) is 5.71. The Labute approximate surface area is 182 Å². The molecule has 5 atom stereocenters. The van der Waals surface area contributed by atoms with Crippen LogP contribution in [-0.4, -0.2) is 60.3 Å². The Bertz CT molecular complexity index is 905. The molecule has 0 bridgehead atoms. The van der Waals surface area contributed by atoms with Crippen LogP contribution in [0.15, 0.2) is 42.5 Å². The third kappa shape index (κ3) is 5.68. The summed E-state index contributed by atoms with van der Waals surface area (Å²) in [5.41, 5.74) is 3.46. The molecule has 3 rings (SSSR count). The van der Waals surface area contributed by atoms with Gasteiger partial charge in [0.25, 0.3) is 0 Å². The number of amides is 1. The van der Waals surface area contributed by atoms with E-state index in [9.17, 15) is 19.4 Å². The first-order valence-electron chi connectivity index (χ1n) is 10.5. The molecule has 31 heavy (non-hydrogen) atoms. The molecular weight excluding hydrogens is 401 g/mol. The highest BCUT2D eigenvalue weighted by Gasteiger charge is 2.42. The lowest BCUT2D eigenvalue weighted by atomic mass is 9.89. The molecule has 1 aliphatic rings. The van der Waals surface area contributed by atoms with E-state index in [4.69, 9.17) is 9.47 Å². The second-order valence-corrected chi connectivity index (χ2v) is 8.00. The molecule has 0 aromatic heterocycles. The second-order valence-electron chi connectivity index (χ2n) is 8.00. The van der Waals surface area contributed by atoms with E-state index in [1.807, 2.05) is 24.3 Å². The fourth-order valence-corrected chi connectivity index (χ4v) is 4.12. The van der Waals surface area contributed by atoms with Gasteiger partial charge in [-0.1, -0.05) is 30.3 Å². The van der Waals surface area contributed by atoms with Crippen LogP contribution in [0.5, 0.6) is 0 Å². The average molecular weight is 432 g/mol. The van der Waals surface area contributed by atoms with Crippen LogP contribution in [0, 0.1) is 5.82 Å². The maximum atomic E-state index is 13.9. The zero-order chi connectivity index (χ0) is 22.5. The molecule has 2 aromatic rings. The first-order valence-corrected chi connectivity index (χ1v) is 10.5. The van der Waals surface area contributed by atoms with Gasteiger partial charge in [0.15, 0.2) is 0 Å². The molecule has 1 amide bonds. The number of carbonyl (C=O) groups excluding carboxylic acids is 1. The topological polar surface area (TPSA) is 88.0 Å². The van der Waals surface area contributed by atoms with Gasteiger partial charge in [0, 0.05) is 27.0 Å². The first kappa shape index (κ1) is 23.3. The van der Waals surface area contributed by atoms with Gasteiger partial charge in [0.2, 0.25) is 5.91 Å². The molecule has 0 aliphatic carbocycles. The largest absolute Gasteiger partial charge is 0.388 e. The van der Waals surface area contributed by atoms with Crippen molar-refractivity contribution >= 4 is 5.91 Å². The Kier molecular flexibility index (Phi) is 7.78. The Morgan fingerprint density at radius 3 is 2.65 bits per heavy atom. The van der Waals surface area contributed by atoms with Crippen molar-refractivity contribution in [2.75, 3.05) is 13.7 Å². The lowest BCUT2D eigenvalue weighted by Gasteiger charge is -2.41. The second kappa shape index (κ2) is 10.3. The van der Waals surface area contributed by atoms with E-state index < -0.39 is 24.4 Å². The molecule has 3 N–H and O–H groups in total. The highest BCUT2D eigenvalue weighted by atomic mass is 19.1. The maximum absolute atomic E-state index is 13.9. The minimum absolute atomic E-state index is 0.102. The van der Waals surface area contributed by atoms with Crippen molar-refractivity contribution in [3.05, 3.63) is 59.4 Å². The van der Waals surface area contributed by atoms with Crippen molar-refractivity contribution in [1.82, 2.24) is 5.32 Å². The van der Waals surface area contributed by atoms with E-state index in [2.05, 4.69) is 5.32 Å². The molecule has 6 nitrogen and oxygen atoms in total. The first-order chi connectivity index (χ1) is 14.8. The number of methoxy groups -OCH3 is 1. The van der Waals surface area contributed by atoms with Gasteiger partial charge in [0.1, 0.15) is 24.1 Å². The number of nitrogens with one attached hydrogen (secondary N) is 1. The van der Waals surface area contributed by atoms with Crippen molar-refractivity contribution < 1.29 is 28.9 Å². The standard InChI is InChI=1S/C24H30FNO5/c1-14-24(30-3)23(29)22(28)21(31-14)12-16-7-8-17(9-10-26-15(2)27)20(11-16)18-5-4-6-19(25)13-18/h4-8,11,13-14,21-24,28-29H,9-10,12H2,1-3H3,(H,26,27). The smallest absolute Gasteiger partial charge is 0.216 e. The third-order valence-corrected chi connectivity index (χ3v) is 5.71. The lowest BCUT2D eigenvalue weighted by Crippen LogP contribution is -2.57. The lowest BCUT2D eigenvalue weighted by molar-refractivity contribution is -0.223. The van der Waals surface area contributed by atoms with Crippen molar-refractivity contribution in [2.24, 2.45) is 0 Å². The van der Waals surface area contributed by atoms with E-state index >= 15 is 0 Å². The van der Waals surface area contributed by atoms with Crippen molar-refractivity contribution in [2.45, 2.75) is 57.2 Å². The quantitative estimate of drug-likeness (QED) is 0.626. The van der Waals surface area contributed by atoms with Gasteiger partial charge in [0.05, 0.1) is 12.2 Å². The molecule has 5 unspecified atom stereocenters. The summed E-state index contributed by atoms with van der Waals surface area (Å²) in [6.45, 7) is 3.75. The molecule has 0 radical (unpaired) electrons. The Morgan fingerprint density at radius 1 is 1.19 bits per heavy atom. The van der Waals surface area contributed by atoms with Gasteiger partial charge < -0.3 is 25.0 Å². The van der Waals surface area contributed by atoms with Crippen LogP contribution in [0.2, 0.25) is 0 Å². The number of hydrogen-bond acceptors (Lipinski definition) is 5. The van der Waals surface area contributed by atoms with E-state index in [-0.39, 0.29) is 17.8 Å². The summed E-state index contributed by atoms with van der Waals surface area (Å²) in [6, 6.07) is 12.2. The molecule has 1 aliphatic heterocycles. The van der Waals surface area contributed by atoms with Crippen LogP contribution in [0.4, 0.5) is 4.39 Å². The summed E-state index contributed by atoms with van der Waals surface area (Å²) in [5.74, 6) is -0.432. The minimum atomic E-state index is -1.08. The zero-order valence-corrected chi connectivity index (χ0v) is 18.0. The molecule has 168 valence electrons. The molecule has 7 heteroatoms. The van der Waals surface area contributed by atoms with Crippen molar-refractivity contribution in [3.8, 4) is 11.1 Å². The Morgan fingerprint density at radius 2 is 1.97 bits per heavy atom. The SMILES string of the molecule is COC1C(C)OC(Cc2ccc(CCNC(C)=O)c(-c3cccc(F)c3)c2)C(O)C1O. The minimum Gasteiger partial charge on any atom is -0.388 e. The van der Waals surface area contributed by atoms with Crippen LogP contribution < -0.4 is 5.32 Å². The fraction of sp³-hybridized carbons (Fsp3) is 0.458. The molecule has 1 heterocycles. The predicted molar refractivity (Wildman–Crippen MR) is 115 cm³/mol. The summed E-state index contributed by atoms with van der Waals surface area (Å²) in [4.78, 5) is 11.2. The van der Waals surface area contributed by atoms with Gasteiger partial charge >= 0.3 is 0 Å². The maximum Gasteiger partial charge on any atom is 0.216 e. The van der Waals surface area contributed by atoms with Crippen LogP contribution in [0.3, 0.4) is 0 Å².